The number of likely N-dealkylation sites (tertiary alicyclic amines) is 1. The monoisotopic (exact) mass is 347 g/mol. The normalized spacial score (nSPS) is 23.7. The molecule has 2 saturated heterocycles. The summed E-state index contributed by atoms with van der Waals surface area (Å²) < 4.78 is 7.84. The molecule has 0 saturated carbocycles. The standard InChI is InChI=1S/C19H33N5O/c1-2-7-22(6-1)10-11-23-8-3-9-24-16-21-18(19(24)15-23)14-20-17-4-12-25-13-5-17/h16-17,20H,1-15H2. The zero-order valence-electron chi connectivity index (χ0n) is 15.5. The van der Waals surface area contributed by atoms with Crippen LogP contribution in [0, 0.1) is 0 Å². The fourth-order valence-electron chi connectivity index (χ4n) is 4.35. The molecular weight excluding hydrogens is 314 g/mol. The van der Waals surface area contributed by atoms with E-state index in [0.717, 1.165) is 45.7 Å². The van der Waals surface area contributed by atoms with Crippen LogP contribution in [0.1, 0.15) is 43.5 Å². The Hall–Kier alpha value is -0.950. The van der Waals surface area contributed by atoms with Crippen molar-refractivity contribution in [2.75, 3.05) is 45.9 Å². The van der Waals surface area contributed by atoms with Gasteiger partial charge in [0.2, 0.25) is 0 Å². The molecular formula is C19H33N5O. The molecule has 0 aliphatic carbocycles. The second-order valence-corrected chi connectivity index (χ2v) is 7.78. The number of nitrogens with zero attached hydrogens (tertiary/aromatic N) is 4. The Kier molecular flexibility index (Phi) is 6.02. The van der Waals surface area contributed by atoms with Crippen LogP contribution in [-0.4, -0.2) is 71.3 Å². The largest absolute Gasteiger partial charge is 0.381 e. The van der Waals surface area contributed by atoms with Gasteiger partial charge in [0.25, 0.3) is 0 Å². The molecule has 0 unspecified atom stereocenters. The molecule has 0 spiro atoms. The molecule has 4 rings (SSSR count). The summed E-state index contributed by atoms with van der Waals surface area (Å²) in [4.78, 5) is 9.98. The van der Waals surface area contributed by atoms with Gasteiger partial charge in [-0.15, -0.1) is 0 Å². The first-order chi connectivity index (χ1) is 12.4. The molecule has 1 aromatic rings. The van der Waals surface area contributed by atoms with E-state index in [-0.39, 0.29) is 0 Å². The Morgan fingerprint density at radius 1 is 1.00 bits per heavy atom. The van der Waals surface area contributed by atoms with Gasteiger partial charge in [-0.3, -0.25) is 4.90 Å². The van der Waals surface area contributed by atoms with Crippen LogP contribution < -0.4 is 5.32 Å². The molecule has 0 bridgehead atoms. The lowest BCUT2D eigenvalue weighted by Crippen LogP contribution is -2.35. The summed E-state index contributed by atoms with van der Waals surface area (Å²) in [5.74, 6) is 0. The van der Waals surface area contributed by atoms with Crippen molar-refractivity contribution in [2.45, 2.75) is 57.8 Å². The molecule has 1 aromatic heterocycles. The smallest absolute Gasteiger partial charge is 0.0952 e. The summed E-state index contributed by atoms with van der Waals surface area (Å²) >= 11 is 0. The van der Waals surface area contributed by atoms with E-state index in [9.17, 15) is 0 Å². The Morgan fingerprint density at radius 2 is 1.76 bits per heavy atom. The van der Waals surface area contributed by atoms with E-state index in [1.165, 1.54) is 63.4 Å². The Morgan fingerprint density at radius 3 is 2.60 bits per heavy atom. The fraction of sp³-hybridized carbons (Fsp3) is 0.842. The van der Waals surface area contributed by atoms with Crippen LogP contribution >= 0.6 is 0 Å². The van der Waals surface area contributed by atoms with Gasteiger partial charge in [0.15, 0.2) is 0 Å². The maximum atomic E-state index is 5.46. The summed E-state index contributed by atoms with van der Waals surface area (Å²) in [6.07, 6.45) is 8.30. The fourth-order valence-corrected chi connectivity index (χ4v) is 4.35. The van der Waals surface area contributed by atoms with Crippen molar-refractivity contribution in [2.24, 2.45) is 0 Å². The first kappa shape index (κ1) is 17.5. The summed E-state index contributed by atoms with van der Waals surface area (Å²) in [5.41, 5.74) is 2.68. The molecule has 140 valence electrons. The van der Waals surface area contributed by atoms with E-state index >= 15 is 0 Å². The highest BCUT2D eigenvalue weighted by molar-refractivity contribution is 5.14. The van der Waals surface area contributed by atoms with E-state index in [4.69, 9.17) is 9.72 Å². The number of ether oxygens (including phenoxy) is 1. The van der Waals surface area contributed by atoms with Crippen molar-refractivity contribution in [3.05, 3.63) is 17.7 Å². The molecule has 6 nitrogen and oxygen atoms in total. The number of aryl methyl sites for hydroxylation is 1. The maximum absolute atomic E-state index is 5.46. The predicted octanol–water partition coefficient (Wildman–Crippen LogP) is 1.45. The zero-order chi connectivity index (χ0) is 16.9. The first-order valence-corrected chi connectivity index (χ1v) is 10.2. The maximum Gasteiger partial charge on any atom is 0.0952 e. The first-order valence-electron chi connectivity index (χ1n) is 10.2. The van der Waals surface area contributed by atoms with Gasteiger partial charge < -0.3 is 19.5 Å². The molecule has 3 aliphatic heterocycles. The number of fused-ring (bicyclic) bond motifs is 1. The van der Waals surface area contributed by atoms with Crippen molar-refractivity contribution < 1.29 is 4.74 Å². The van der Waals surface area contributed by atoms with Crippen molar-refractivity contribution >= 4 is 0 Å². The number of aromatic nitrogens is 2. The molecule has 3 aliphatic rings. The van der Waals surface area contributed by atoms with Crippen molar-refractivity contribution in [3.63, 3.8) is 0 Å². The zero-order valence-corrected chi connectivity index (χ0v) is 15.5. The van der Waals surface area contributed by atoms with Gasteiger partial charge in [-0.2, -0.15) is 0 Å². The highest BCUT2D eigenvalue weighted by Gasteiger charge is 2.21. The highest BCUT2D eigenvalue weighted by atomic mass is 16.5. The van der Waals surface area contributed by atoms with Crippen LogP contribution in [0.4, 0.5) is 0 Å². The summed E-state index contributed by atoms with van der Waals surface area (Å²) in [6.45, 7) is 11.1. The van der Waals surface area contributed by atoms with Gasteiger partial charge in [0.1, 0.15) is 0 Å². The van der Waals surface area contributed by atoms with Gasteiger partial charge in [0, 0.05) is 58.5 Å². The highest BCUT2D eigenvalue weighted by Crippen LogP contribution is 2.17. The molecule has 2 fully saturated rings. The van der Waals surface area contributed by atoms with Crippen molar-refractivity contribution in [3.8, 4) is 0 Å². The number of rotatable bonds is 6. The third-order valence-electron chi connectivity index (χ3n) is 5.99. The molecule has 4 heterocycles. The number of nitrogens with one attached hydrogen (secondary N) is 1. The Labute approximate surface area is 151 Å². The minimum absolute atomic E-state index is 0.586. The predicted molar refractivity (Wildman–Crippen MR) is 98.5 cm³/mol. The number of imidazole rings is 1. The van der Waals surface area contributed by atoms with Crippen molar-refractivity contribution in [1.82, 2.24) is 24.7 Å². The second-order valence-electron chi connectivity index (χ2n) is 7.78. The lowest BCUT2D eigenvalue weighted by Gasteiger charge is -2.24. The van der Waals surface area contributed by atoms with E-state index in [1.54, 1.807) is 0 Å². The van der Waals surface area contributed by atoms with E-state index in [0.29, 0.717) is 6.04 Å². The molecule has 0 radical (unpaired) electrons. The molecule has 25 heavy (non-hydrogen) atoms. The van der Waals surface area contributed by atoms with Crippen LogP contribution in [0.2, 0.25) is 0 Å². The van der Waals surface area contributed by atoms with Gasteiger partial charge in [0.05, 0.1) is 17.7 Å². The van der Waals surface area contributed by atoms with Crippen LogP contribution in [-0.2, 0) is 24.4 Å². The molecule has 0 atom stereocenters. The van der Waals surface area contributed by atoms with E-state index in [2.05, 4.69) is 26.0 Å². The summed E-state index contributed by atoms with van der Waals surface area (Å²) in [6, 6.07) is 0.586. The summed E-state index contributed by atoms with van der Waals surface area (Å²) in [7, 11) is 0. The Balaban J connectivity index is 1.33. The van der Waals surface area contributed by atoms with E-state index in [1.807, 2.05) is 0 Å². The van der Waals surface area contributed by atoms with Crippen LogP contribution in [0.5, 0.6) is 0 Å². The average Bonchev–Trinajstić information content (AvgIpc) is 3.25. The molecule has 1 N–H and O–H groups in total. The van der Waals surface area contributed by atoms with Crippen LogP contribution in [0.15, 0.2) is 6.33 Å². The molecule has 0 aromatic carbocycles. The van der Waals surface area contributed by atoms with Gasteiger partial charge >= 0.3 is 0 Å². The third kappa shape index (κ3) is 4.61. The molecule has 6 heteroatoms. The molecule has 0 amide bonds. The minimum atomic E-state index is 0.586. The second kappa shape index (κ2) is 8.62. The van der Waals surface area contributed by atoms with Gasteiger partial charge in [-0.1, -0.05) is 0 Å². The minimum Gasteiger partial charge on any atom is -0.381 e. The quantitative estimate of drug-likeness (QED) is 0.844. The summed E-state index contributed by atoms with van der Waals surface area (Å²) in [5, 5.41) is 3.70. The lowest BCUT2D eigenvalue weighted by molar-refractivity contribution is 0.0775. The van der Waals surface area contributed by atoms with Crippen LogP contribution in [0.25, 0.3) is 0 Å². The number of hydrogen-bond acceptors (Lipinski definition) is 5. The van der Waals surface area contributed by atoms with Gasteiger partial charge in [-0.05, 0) is 45.2 Å². The average molecular weight is 348 g/mol. The third-order valence-corrected chi connectivity index (χ3v) is 5.99. The van der Waals surface area contributed by atoms with Crippen molar-refractivity contribution in [1.29, 1.82) is 0 Å². The van der Waals surface area contributed by atoms with E-state index < -0.39 is 0 Å². The lowest BCUT2D eigenvalue weighted by atomic mass is 10.1. The topological polar surface area (TPSA) is 45.6 Å². The van der Waals surface area contributed by atoms with Gasteiger partial charge in [-0.25, -0.2) is 4.98 Å². The number of hydrogen-bond donors (Lipinski definition) is 1. The van der Waals surface area contributed by atoms with Crippen LogP contribution in [0.3, 0.4) is 0 Å². The Bertz CT molecular complexity index is 534. The SMILES string of the molecule is c1nc(CNC2CCOCC2)c2n1CCCN(CCN1CCCC1)C2.